The minimum Gasteiger partial charge on any atom is -0.377 e. The molecule has 1 N–H and O–H groups in total. The van der Waals surface area contributed by atoms with Gasteiger partial charge < -0.3 is 19.5 Å². The van der Waals surface area contributed by atoms with Gasteiger partial charge in [-0.1, -0.05) is 0 Å². The zero-order valence-electron chi connectivity index (χ0n) is 21.9. The third kappa shape index (κ3) is 5.91. The minimum atomic E-state index is 0.0826. The summed E-state index contributed by atoms with van der Waals surface area (Å²) in [5.74, 6) is 1.43. The molecule has 0 atom stereocenters. The van der Waals surface area contributed by atoms with E-state index in [1.165, 1.54) is 0 Å². The highest BCUT2D eigenvalue weighted by atomic mass is 16.5. The van der Waals surface area contributed by atoms with Crippen molar-refractivity contribution < 1.29 is 9.53 Å². The Morgan fingerprint density at radius 1 is 1.00 bits per heavy atom. The standard InChI is InChI=1S/C27H37N7O2/c1-19(2)32-13-6-14-33(16-15-32)26(35)21-7-9-22(10-8-21)30-27-28-12-11-23(31-27)24-17-29-25(18-36-5)34(24)20(3)4/h7-12,17,19-20H,6,13-16,18H2,1-5H3,(H,28,30,31). The van der Waals surface area contributed by atoms with E-state index < -0.39 is 0 Å². The first-order valence-electron chi connectivity index (χ1n) is 12.7. The van der Waals surface area contributed by atoms with Gasteiger partial charge in [-0.3, -0.25) is 9.69 Å². The van der Waals surface area contributed by atoms with E-state index in [1.54, 1.807) is 13.3 Å². The van der Waals surface area contributed by atoms with E-state index in [0.717, 1.165) is 55.5 Å². The predicted octanol–water partition coefficient (Wildman–Crippen LogP) is 4.37. The smallest absolute Gasteiger partial charge is 0.253 e. The Balaban J connectivity index is 1.45. The molecule has 1 aliphatic heterocycles. The lowest BCUT2D eigenvalue weighted by molar-refractivity contribution is 0.0759. The number of anilines is 2. The number of benzene rings is 1. The van der Waals surface area contributed by atoms with Crippen LogP contribution in [-0.2, 0) is 11.3 Å². The number of rotatable bonds is 8. The molecule has 192 valence electrons. The van der Waals surface area contributed by atoms with E-state index in [0.29, 0.717) is 24.2 Å². The van der Waals surface area contributed by atoms with Crippen molar-refractivity contribution in [2.75, 3.05) is 38.6 Å². The summed E-state index contributed by atoms with van der Waals surface area (Å²) in [7, 11) is 1.67. The van der Waals surface area contributed by atoms with E-state index in [4.69, 9.17) is 9.72 Å². The Hall–Kier alpha value is -3.30. The third-order valence-corrected chi connectivity index (χ3v) is 6.52. The molecule has 0 radical (unpaired) electrons. The fourth-order valence-corrected chi connectivity index (χ4v) is 4.63. The second kappa shape index (κ2) is 11.6. The largest absolute Gasteiger partial charge is 0.377 e. The van der Waals surface area contributed by atoms with E-state index in [2.05, 4.69) is 52.4 Å². The molecule has 1 fully saturated rings. The van der Waals surface area contributed by atoms with Crippen LogP contribution in [0, 0.1) is 0 Å². The molecule has 0 unspecified atom stereocenters. The molecule has 1 amide bonds. The average Bonchev–Trinajstić information content (AvgIpc) is 3.12. The van der Waals surface area contributed by atoms with Gasteiger partial charge in [-0.2, -0.15) is 0 Å². The van der Waals surface area contributed by atoms with Gasteiger partial charge >= 0.3 is 0 Å². The molecule has 1 aromatic carbocycles. The number of ether oxygens (including phenoxy) is 1. The van der Waals surface area contributed by atoms with Crippen molar-refractivity contribution >= 4 is 17.5 Å². The molecule has 0 saturated carbocycles. The molecule has 0 aliphatic carbocycles. The normalized spacial score (nSPS) is 14.9. The average molecular weight is 492 g/mol. The number of nitrogens with zero attached hydrogens (tertiary/aromatic N) is 6. The summed E-state index contributed by atoms with van der Waals surface area (Å²) in [6.07, 6.45) is 4.56. The third-order valence-electron chi connectivity index (χ3n) is 6.52. The van der Waals surface area contributed by atoms with Crippen LogP contribution in [0.15, 0.2) is 42.7 Å². The first-order chi connectivity index (χ1) is 17.4. The summed E-state index contributed by atoms with van der Waals surface area (Å²) in [5.41, 5.74) is 3.21. The maximum atomic E-state index is 13.1. The van der Waals surface area contributed by atoms with Crippen molar-refractivity contribution in [2.45, 2.75) is 52.8 Å². The van der Waals surface area contributed by atoms with Crippen molar-refractivity contribution in [2.24, 2.45) is 0 Å². The first kappa shape index (κ1) is 25.8. The van der Waals surface area contributed by atoms with Gasteiger partial charge in [0.2, 0.25) is 5.95 Å². The fraction of sp³-hybridized carbons (Fsp3) is 0.481. The van der Waals surface area contributed by atoms with Crippen LogP contribution in [0.25, 0.3) is 11.4 Å². The summed E-state index contributed by atoms with van der Waals surface area (Å²) in [6, 6.07) is 10.1. The van der Waals surface area contributed by atoms with Crippen LogP contribution in [-0.4, -0.2) is 74.6 Å². The molecule has 3 heterocycles. The van der Waals surface area contributed by atoms with Crippen LogP contribution in [0.1, 0.15) is 56.3 Å². The number of aromatic nitrogens is 4. The second-order valence-electron chi connectivity index (χ2n) is 9.70. The Kier molecular flexibility index (Phi) is 8.32. The summed E-state index contributed by atoms with van der Waals surface area (Å²) in [4.78, 5) is 31.1. The molecule has 1 saturated heterocycles. The lowest BCUT2D eigenvalue weighted by Gasteiger charge is -2.25. The van der Waals surface area contributed by atoms with Gasteiger partial charge in [0.1, 0.15) is 12.4 Å². The number of methoxy groups -OCH3 is 1. The Morgan fingerprint density at radius 2 is 1.78 bits per heavy atom. The fourth-order valence-electron chi connectivity index (χ4n) is 4.63. The lowest BCUT2D eigenvalue weighted by Crippen LogP contribution is -2.37. The Labute approximate surface area is 213 Å². The molecule has 9 heteroatoms. The monoisotopic (exact) mass is 491 g/mol. The van der Waals surface area contributed by atoms with Crippen LogP contribution >= 0.6 is 0 Å². The lowest BCUT2D eigenvalue weighted by atomic mass is 10.1. The molecular weight excluding hydrogens is 454 g/mol. The van der Waals surface area contributed by atoms with Gasteiger partial charge in [-0.05, 0) is 64.4 Å². The topological polar surface area (TPSA) is 88.4 Å². The van der Waals surface area contributed by atoms with Gasteiger partial charge in [0.15, 0.2) is 0 Å². The zero-order chi connectivity index (χ0) is 25.7. The molecular formula is C27H37N7O2. The van der Waals surface area contributed by atoms with Crippen LogP contribution in [0.2, 0.25) is 0 Å². The van der Waals surface area contributed by atoms with E-state index in [1.807, 2.05) is 41.4 Å². The second-order valence-corrected chi connectivity index (χ2v) is 9.70. The van der Waals surface area contributed by atoms with E-state index in [-0.39, 0.29) is 11.9 Å². The molecule has 9 nitrogen and oxygen atoms in total. The number of hydrogen-bond donors (Lipinski definition) is 1. The highest BCUT2D eigenvalue weighted by Gasteiger charge is 2.21. The number of carbonyl (C=O) groups excluding carboxylic acids is 1. The number of imidazole rings is 1. The zero-order valence-corrected chi connectivity index (χ0v) is 21.9. The van der Waals surface area contributed by atoms with Gasteiger partial charge in [0.05, 0.1) is 17.6 Å². The van der Waals surface area contributed by atoms with Gasteiger partial charge in [-0.25, -0.2) is 15.0 Å². The summed E-state index contributed by atoms with van der Waals surface area (Å²) in [5, 5.41) is 3.26. The molecule has 0 spiro atoms. The first-order valence-corrected chi connectivity index (χ1v) is 12.7. The van der Waals surface area contributed by atoms with Crippen LogP contribution in [0.3, 0.4) is 0 Å². The minimum absolute atomic E-state index is 0.0826. The van der Waals surface area contributed by atoms with Crippen molar-refractivity contribution in [3.63, 3.8) is 0 Å². The summed E-state index contributed by atoms with van der Waals surface area (Å²) >= 11 is 0. The molecule has 3 aromatic rings. The highest BCUT2D eigenvalue weighted by molar-refractivity contribution is 5.94. The molecule has 36 heavy (non-hydrogen) atoms. The molecule has 2 aromatic heterocycles. The van der Waals surface area contributed by atoms with Crippen LogP contribution < -0.4 is 5.32 Å². The van der Waals surface area contributed by atoms with Crippen molar-refractivity contribution in [3.05, 3.63) is 54.1 Å². The molecule has 1 aliphatic rings. The van der Waals surface area contributed by atoms with E-state index in [9.17, 15) is 4.79 Å². The van der Waals surface area contributed by atoms with Crippen molar-refractivity contribution in [3.8, 4) is 11.4 Å². The maximum absolute atomic E-state index is 13.1. The Bertz CT molecular complexity index is 1160. The van der Waals surface area contributed by atoms with E-state index >= 15 is 0 Å². The number of amides is 1. The summed E-state index contributed by atoms with van der Waals surface area (Å²) < 4.78 is 7.42. The number of hydrogen-bond acceptors (Lipinski definition) is 7. The molecule has 4 rings (SSSR count). The highest BCUT2D eigenvalue weighted by Crippen LogP contribution is 2.25. The SMILES string of the molecule is COCc1ncc(-c2ccnc(Nc3ccc(C(=O)N4CCCN(C(C)C)CC4)cc3)n2)n1C(C)C. The number of nitrogens with one attached hydrogen (secondary N) is 1. The maximum Gasteiger partial charge on any atom is 0.253 e. The number of carbonyl (C=O) groups is 1. The van der Waals surface area contributed by atoms with Crippen molar-refractivity contribution in [1.82, 2.24) is 29.3 Å². The Morgan fingerprint density at radius 3 is 2.47 bits per heavy atom. The molecule has 0 bridgehead atoms. The van der Waals surface area contributed by atoms with Crippen molar-refractivity contribution in [1.29, 1.82) is 0 Å². The quantitative estimate of drug-likeness (QED) is 0.501. The van der Waals surface area contributed by atoms with Gasteiger partial charge in [-0.15, -0.1) is 0 Å². The van der Waals surface area contributed by atoms with Gasteiger partial charge in [0.25, 0.3) is 5.91 Å². The van der Waals surface area contributed by atoms with Crippen LogP contribution in [0.4, 0.5) is 11.6 Å². The van der Waals surface area contributed by atoms with Gasteiger partial charge in [0, 0.05) is 62.8 Å². The predicted molar refractivity (Wildman–Crippen MR) is 141 cm³/mol. The summed E-state index contributed by atoms with van der Waals surface area (Å²) in [6.45, 7) is 12.6. The van der Waals surface area contributed by atoms with Crippen LogP contribution in [0.5, 0.6) is 0 Å².